The summed E-state index contributed by atoms with van der Waals surface area (Å²) in [5.74, 6) is 2.34. The molecule has 10 rings (SSSR count). The number of ether oxygens (including phenoxy) is 1. The van der Waals surface area contributed by atoms with Gasteiger partial charge in [0.25, 0.3) is 0 Å². The van der Waals surface area contributed by atoms with Gasteiger partial charge in [-0.3, -0.25) is 14.0 Å². The molecule has 10 aromatic rings. The van der Waals surface area contributed by atoms with Gasteiger partial charge in [0.15, 0.2) is 0 Å². The molecule has 0 atom stereocenters. The number of imidazole rings is 1. The summed E-state index contributed by atoms with van der Waals surface area (Å²) >= 11 is 0. The van der Waals surface area contributed by atoms with Crippen LogP contribution in [0.4, 0.5) is 0 Å². The zero-order valence-corrected chi connectivity index (χ0v) is 43.3. The smallest absolute Gasteiger partial charge is 0.146 e. The van der Waals surface area contributed by atoms with Crippen LogP contribution < -0.4 is 4.74 Å². The normalized spacial score (nSPS) is 13.1. The van der Waals surface area contributed by atoms with Crippen LogP contribution in [0.2, 0.25) is 0 Å². The third-order valence-corrected chi connectivity index (χ3v) is 14.0. The Morgan fingerprint density at radius 1 is 0.406 bits per heavy atom. The summed E-state index contributed by atoms with van der Waals surface area (Å²) in [5.41, 5.74) is 15.2. The highest BCUT2D eigenvalue weighted by atomic mass is 16.5. The molecular formula is C63H67N5O. The van der Waals surface area contributed by atoms with Crippen molar-refractivity contribution in [3.05, 3.63) is 162 Å². The van der Waals surface area contributed by atoms with Gasteiger partial charge in [0.05, 0.1) is 33.5 Å². The van der Waals surface area contributed by atoms with E-state index < -0.39 is 0 Å². The van der Waals surface area contributed by atoms with Gasteiger partial charge in [-0.25, -0.2) is 9.97 Å². The molecule has 5 aromatic heterocycles. The fraction of sp³-hybridized carbons (Fsp3) is 0.317. The quantitative estimate of drug-likeness (QED) is 0.161. The first-order valence-electron chi connectivity index (χ1n) is 24.6. The molecule has 0 aliphatic rings. The summed E-state index contributed by atoms with van der Waals surface area (Å²) in [6.45, 7) is 34.4. The monoisotopic (exact) mass is 910 g/mol. The lowest BCUT2D eigenvalue weighted by atomic mass is 9.78. The minimum Gasteiger partial charge on any atom is -0.457 e. The minimum absolute atomic E-state index is 0.0267. The van der Waals surface area contributed by atoms with Gasteiger partial charge in [-0.1, -0.05) is 134 Å². The lowest BCUT2D eigenvalue weighted by Crippen LogP contribution is -2.17. The van der Waals surface area contributed by atoms with E-state index >= 15 is 0 Å². The highest BCUT2D eigenvalue weighted by molar-refractivity contribution is 6.12. The van der Waals surface area contributed by atoms with Crippen molar-refractivity contribution >= 4 is 49.3 Å². The van der Waals surface area contributed by atoms with Crippen molar-refractivity contribution in [3.8, 4) is 39.8 Å². The first-order chi connectivity index (χ1) is 32.3. The Bertz CT molecular complexity index is 3600. The summed E-state index contributed by atoms with van der Waals surface area (Å²) in [6.07, 6.45) is 3.82. The van der Waals surface area contributed by atoms with Crippen LogP contribution in [0.25, 0.3) is 77.6 Å². The van der Waals surface area contributed by atoms with Crippen LogP contribution in [0, 0.1) is 0 Å². The molecule has 0 saturated heterocycles. The lowest BCUT2D eigenvalue weighted by Gasteiger charge is -2.27. The molecule has 0 bridgehead atoms. The molecule has 0 radical (unpaired) electrons. The number of aromatic nitrogens is 5. The summed E-state index contributed by atoms with van der Waals surface area (Å²) in [4.78, 5) is 15.9. The largest absolute Gasteiger partial charge is 0.457 e. The second kappa shape index (κ2) is 15.9. The molecule has 0 unspecified atom stereocenters. The fourth-order valence-electron chi connectivity index (χ4n) is 9.73. The molecule has 350 valence electrons. The van der Waals surface area contributed by atoms with Crippen LogP contribution in [0.3, 0.4) is 0 Å². The van der Waals surface area contributed by atoms with E-state index in [1.54, 1.807) is 0 Å². The van der Waals surface area contributed by atoms with E-state index in [-0.39, 0.29) is 27.1 Å². The SMILES string of the molecule is CC(C)(C)c1cc(-c2nc3c4cc(Oc5ccc6c7ccccc7n(-c7cc(C(C)(C)C)ccn7)c6c5)ccc4c4ncccc4n3c2-c2cc(C(C)(C)C)cc(C(C)(C)C)c2)cc(C(C)(C)C)c1. The Balaban J connectivity index is 1.24. The van der Waals surface area contributed by atoms with Crippen molar-refractivity contribution in [2.45, 2.75) is 131 Å². The molecule has 0 saturated carbocycles. The zero-order valence-electron chi connectivity index (χ0n) is 43.3. The van der Waals surface area contributed by atoms with Gasteiger partial charge in [-0.2, -0.15) is 0 Å². The molecule has 6 nitrogen and oxygen atoms in total. The molecule has 0 fully saturated rings. The predicted molar refractivity (Wildman–Crippen MR) is 291 cm³/mol. The average Bonchev–Trinajstić information content (AvgIpc) is 3.85. The highest BCUT2D eigenvalue weighted by Gasteiger charge is 2.29. The van der Waals surface area contributed by atoms with E-state index in [4.69, 9.17) is 19.7 Å². The van der Waals surface area contributed by atoms with Crippen LogP contribution in [0.5, 0.6) is 11.5 Å². The third-order valence-electron chi connectivity index (χ3n) is 14.0. The minimum atomic E-state index is -0.0882. The van der Waals surface area contributed by atoms with E-state index in [0.29, 0.717) is 0 Å². The topological polar surface area (TPSA) is 57.2 Å². The summed E-state index contributed by atoms with van der Waals surface area (Å²) in [5, 5.41) is 4.30. The van der Waals surface area contributed by atoms with Crippen LogP contribution in [0.15, 0.2) is 134 Å². The van der Waals surface area contributed by atoms with Gasteiger partial charge in [0.2, 0.25) is 0 Å². The van der Waals surface area contributed by atoms with Crippen LogP contribution in [-0.4, -0.2) is 23.9 Å². The van der Waals surface area contributed by atoms with E-state index in [2.05, 4.69) is 228 Å². The van der Waals surface area contributed by atoms with Crippen molar-refractivity contribution < 1.29 is 4.74 Å². The zero-order chi connectivity index (χ0) is 49.2. The third kappa shape index (κ3) is 8.26. The molecule has 0 amide bonds. The first kappa shape index (κ1) is 46.0. The number of pyridine rings is 3. The van der Waals surface area contributed by atoms with E-state index in [1.807, 2.05) is 18.5 Å². The Kier molecular flexibility index (Phi) is 10.6. The predicted octanol–water partition coefficient (Wildman–Crippen LogP) is 17.1. The number of hydrogen-bond acceptors (Lipinski definition) is 4. The van der Waals surface area contributed by atoms with Gasteiger partial charge >= 0.3 is 0 Å². The number of hydrogen-bond donors (Lipinski definition) is 0. The van der Waals surface area contributed by atoms with Gasteiger partial charge in [0, 0.05) is 51.1 Å². The van der Waals surface area contributed by atoms with Crippen molar-refractivity contribution in [2.24, 2.45) is 0 Å². The van der Waals surface area contributed by atoms with E-state index in [9.17, 15) is 0 Å². The standard InChI is InChI=1S/C63H67N5O/c1-59(2,3)40-26-28-64-54(35-40)67-51-20-17-16-19-47(51)48-24-22-46(37-53(48)67)69-45-23-25-49-50(36-45)58-66-55(38-29-41(60(4,5)6)33-42(30-38)61(7,8)9)57(68(58)52-21-18-27-65-56(49)52)39-31-43(62(10,11)12)34-44(32-39)63(13,14)15/h16-37H,1-15H3. The maximum atomic E-state index is 6.95. The molecule has 0 aliphatic heterocycles. The summed E-state index contributed by atoms with van der Waals surface area (Å²) in [7, 11) is 0. The molecule has 0 aliphatic carbocycles. The van der Waals surface area contributed by atoms with E-state index in [0.717, 1.165) is 83.7 Å². The summed E-state index contributed by atoms with van der Waals surface area (Å²) in [6, 6.07) is 44.3. The van der Waals surface area contributed by atoms with Crippen molar-refractivity contribution in [2.75, 3.05) is 0 Å². The van der Waals surface area contributed by atoms with Gasteiger partial charge < -0.3 is 4.74 Å². The molecule has 69 heavy (non-hydrogen) atoms. The van der Waals surface area contributed by atoms with E-state index in [1.165, 1.54) is 33.2 Å². The van der Waals surface area contributed by atoms with Gasteiger partial charge in [0.1, 0.15) is 23.0 Å². The molecule has 5 heterocycles. The second-order valence-electron chi connectivity index (χ2n) is 24.4. The molecule has 5 aromatic carbocycles. The number of para-hydroxylation sites is 1. The fourth-order valence-corrected chi connectivity index (χ4v) is 9.73. The molecule has 6 heteroatoms. The maximum Gasteiger partial charge on any atom is 0.146 e. The van der Waals surface area contributed by atoms with Gasteiger partial charge in [-0.05, 0) is 140 Å². The Morgan fingerprint density at radius 3 is 1.55 bits per heavy atom. The Labute approximate surface area is 408 Å². The number of fused-ring (bicyclic) bond motifs is 9. The summed E-state index contributed by atoms with van der Waals surface area (Å²) < 4.78 is 11.6. The molecular weight excluding hydrogens is 843 g/mol. The van der Waals surface area contributed by atoms with Crippen molar-refractivity contribution in [3.63, 3.8) is 0 Å². The van der Waals surface area contributed by atoms with Crippen molar-refractivity contribution in [1.82, 2.24) is 23.9 Å². The average molecular weight is 910 g/mol. The Morgan fingerprint density at radius 2 is 0.942 bits per heavy atom. The molecule has 0 spiro atoms. The second-order valence-corrected chi connectivity index (χ2v) is 24.4. The highest BCUT2D eigenvalue weighted by Crippen LogP contribution is 2.45. The number of rotatable bonds is 5. The van der Waals surface area contributed by atoms with Crippen LogP contribution in [0.1, 0.15) is 132 Å². The number of nitrogens with zero attached hydrogens (tertiary/aromatic N) is 5. The Hall–Kier alpha value is -6.79. The number of benzene rings is 5. The first-order valence-corrected chi connectivity index (χ1v) is 24.6. The van der Waals surface area contributed by atoms with Crippen LogP contribution >= 0.6 is 0 Å². The van der Waals surface area contributed by atoms with Crippen LogP contribution in [-0.2, 0) is 27.1 Å². The van der Waals surface area contributed by atoms with Gasteiger partial charge in [-0.15, -0.1) is 0 Å². The van der Waals surface area contributed by atoms with Crippen molar-refractivity contribution in [1.29, 1.82) is 0 Å². The maximum absolute atomic E-state index is 6.95. The molecule has 0 N–H and O–H groups in total. The lowest BCUT2D eigenvalue weighted by molar-refractivity contribution is 0.484.